The lowest BCUT2D eigenvalue weighted by atomic mass is 10.4. The summed E-state index contributed by atoms with van der Waals surface area (Å²) in [5, 5.41) is 6.01. The molecular formula is C13H13N3O4. The second kappa shape index (κ2) is 6.37. The molecule has 2 rings (SSSR count). The monoisotopic (exact) mass is 275 g/mol. The first-order chi connectivity index (χ1) is 9.65. The number of amides is 2. The smallest absolute Gasteiger partial charge is 0.329 e. The molecular weight excluding hydrogens is 262 g/mol. The van der Waals surface area contributed by atoms with Gasteiger partial charge in [0.05, 0.1) is 19.0 Å². The minimum Gasteiger partial charge on any atom is -0.467 e. The van der Waals surface area contributed by atoms with Crippen LogP contribution in [0.15, 0.2) is 44.5 Å². The van der Waals surface area contributed by atoms with Gasteiger partial charge in [-0.3, -0.25) is 9.59 Å². The first-order valence-corrected chi connectivity index (χ1v) is 5.85. The molecule has 2 heterocycles. The van der Waals surface area contributed by atoms with Gasteiger partial charge in [-0.2, -0.15) is 5.10 Å². The molecule has 104 valence electrons. The van der Waals surface area contributed by atoms with E-state index in [-0.39, 0.29) is 6.54 Å². The molecule has 0 aliphatic heterocycles. The van der Waals surface area contributed by atoms with E-state index in [0.717, 1.165) is 5.76 Å². The number of carbonyl (C=O) groups excluding carboxylic acids is 2. The van der Waals surface area contributed by atoms with Gasteiger partial charge in [-0.25, -0.2) is 5.43 Å². The van der Waals surface area contributed by atoms with Crippen molar-refractivity contribution in [2.75, 3.05) is 0 Å². The molecule has 0 bridgehead atoms. The van der Waals surface area contributed by atoms with Gasteiger partial charge in [0.25, 0.3) is 0 Å². The van der Waals surface area contributed by atoms with Crippen LogP contribution >= 0.6 is 0 Å². The summed E-state index contributed by atoms with van der Waals surface area (Å²) in [4.78, 5) is 22.8. The Morgan fingerprint density at radius 2 is 2.15 bits per heavy atom. The van der Waals surface area contributed by atoms with E-state index in [2.05, 4.69) is 15.8 Å². The average molecular weight is 275 g/mol. The molecule has 0 saturated carbocycles. The van der Waals surface area contributed by atoms with Crippen LogP contribution in [-0.4, -0.2) is 18.0 Å². The van der Waals surface area contributed by atoms with Crippen molar-refractivity contribution in [3.8, 4) is 0 Å². The Bertz CT molecular complexity index is 613. The third-order valence-corrected chi connectivity index (χ3v) is 2.33. The molecule has 2 amide bonds. The van der Waals surface area contributed by atoms with Gasteiger partial charge in [-0.05, 0) is 31.2 Å². The normalized spacial score (nSPS) is 10.7. The van der Waals surface area contributed by atoms with Crippen molar-refractivity contribution in [2.45, 2.75) is 13.5 Å². The molecule has 0 aromatic carbocycles. The number of rotatable bonds is 4. The number of hydrogen-bond donors (Lipinski definition) is 2. The third kappa shape index (κ3) is 3.84. The van der Waals surface area contributed by atoms with E-state index >= 15 is 0 Å². The second-order valence-corrected chi connectivity index (χ2v) is 3.91. The molecule has 2 N–H and O–H groups in total. The van der Waals surface area contributed by atoms with Gasteiger partial charge in [-0.15, -0.1) is 0 Å². The summed E-state index contributed by atoms with van der Waals surface area (Å²) >= 11 is 0. The van der Waals surface area contributed by atoms with Crippen molar-refractivity contribution in [3.63, 3.8) is 0 Å². The van der Waals surface area contributed by atoms with Crippen molar-refractivity contribution in [1.29, 1.82) is 0 Å². The van der Waals surface area contributed by atoms with Gasteiger partial charge in [0, 0.05) is 0 Å². The molecule has 0 unspecified atom stereocenters. The maximum absolute atomic E-state index is 11.4. The van der Waals surface area contributed by atoms with Gasteiger partial charge in [0.1, 0.15) is 17.3 Å². The lowest BCUT2D eigenvalue weighted by Gasteiger charge is -2.01. The summed E-state index contributed by atoms with van der Waals surface area (Å²) in [5.74, 6) is 0.110. The molecule has 2 aromatic rings. The van der Waals surface area contributed by atoms with Crippen molar-refractivity contribution in [2.24, 2.45) is 5.10 Å². The predicted molar refractivity (Wildman–Crippen MR) is 69.7 cm³/mol. The average Bonchev–Trinajstić information content (AvgIpc) is 3.07. The van der Waals surface area contributed by atoms with Crippen molar-refractivity contribution < 1.29 is 18.4 Å². The summed E-state index contributed by atoms with van der Waals surface area (Å²) in [6.07, 6.45) is 2.79. The first-order valence-electron chi connectivity index (χ1n) is 5.85. The fourth-order valence-corrected chi connectivity index (χ4v) is 1.39. The fraction of sp³-hybridized carbons (Fsp3) is 0.154. The predicted octanol–water partition coefficient (Wildman–Crippen LogP) is 0.948. The summed E-state index contributed by atoms with van der Waals surface area (Å²) in [5.41, 5.74) is 2.10. The zero-order valence-corrected chi connectivity index (χ0v) is 10.8. The summed E-state index contributed by atoms with van der Waals surface area (Å²) in [7, 11) is 0. The SMILES string of the molecule is Cc1ccc(C=NNC(=O)C(=O)NCc2ccco2)o1. The van der Waals surface area contributed by atoms with Crippen LogP contribution in [0.2, 0.25) is 0 Å². The van der Waals surface area contributed by atoms with Crippen molar-refractivity contribution in [3.05, 3.63) is 47.8 Å². The largest absolute Gasteiger partial charge is 0.467 e. The van der Waals surface area contributed by atoms with Crippen LogP contribution in [0.25, 0.3) is 0 Å². The number of carbonyl (C=O) groups is 2. The maximum atomic E-state index is 11.4. The van der Waals surface area contributed by atoms with Gasteiger partial charge < -0.3 is 14.2 Å². The molecule has 7 nitrogen and oxygen atoms in total. The van der Waals surface area contributed by atoms with Crippen LogP contribution in [0.4, 0.5) is 0 Å². The number of hydrazone groups is 1. The van der Waals surface area contributed by atoms with Crippen LogP contribution in [0.5, 0.6) is 0 Å². The first kappa shape index (κ1) is 13.6. The van der Waals surface area contributed by atoms with E-state index in [1.807, 2.05) is 0 Å². The Morgan fingerprint density at radius 3 is 2.80 bits per heavy atom. The van der Waals surface area contributed by atoms with E-state index in [0.29, 0.717) is 11.5 Å². The molecule has 0 fully saturated rings. The standard InChI is InChI=1S/C13H13N3O4/c1-9-4-5-11(20-9)8-15-16-13(18)12(17)14-7-10-3-2-6-19-10/h2-6,8H,7H2,1H3,(H,14,17)(H,16,18). The van der Waals surface area contributed by atoms with Gasteiger partial charge in [0.2, 0.25) is 0 Å². The van der Waals surface area contributed by atoms with Gasteiger partial charge >= 0.3 is 11.8 Å². The van der Waals surface area contributed by atoms with Crippen LogP contribution in [0.3, 0.4) is 0 Å². The summed E-state index contributed by atoms with van der Waals surface area (Å²) in [6, 6.07) is 6.84. The molecule has 0 aliphatic rings. The topological polar surface area (TPSA) is 96.8 Å². The molecule has 20 heavy (non-hydrogen) atoms. The minimum atomic E-state index is -0.865. The molecule has 0 radical (unpaired) electrons. The summed E-state index contributed by atoms with van der Waals surface area (Å²) < 4.78 is 10.2. The second-order valence-electron chi connectivity index (χ2n) is 3.91. The lowest BCUT2D eigenvalue weighted by molar-refractivity contribution is -0.139. The number of hydrogen-bond acceptors (Lipinski definition) is 5. The van der Waals surface area contributed by atoms with Crippen molar-refractivity contribution >= 4 is 18.0 Å². The molecule has 0 spiro atoms. The van der Waals surface area contributed by atoms with Crippen LogP contribution in [0.1, 0.15) is 17.3 Å². The van der Waals surface area contributed by atoms with E-state index in [4.69, 9.17) is 8.83 Å². The van der Waals surface area contributed by atoms with E-state index in [1.165, 1.54) is 12.5 Å². The lowest BCUT2D eigenvalue weighted by Crippen LogP contribution is -2.37. The Labute approximate surface area is 114 Å². The minimum absolute atomic E-state index is 0.139. The quantitative estimate of drug-likeness (QED) is 0.493. The Kier molecular flexibility index (Phi) is 4.33. The Morgan fingerprint density at radius 1 is 1.30 bits per heavy atom. The number of nitrogens with one attached hydrogen (secondary N) is 2. The third-order valence-electron chi connectivity index (χ3n) is 2.33. The zero-order valence-electron chi connectivity index (χ0n) is 10.8. The molecule has 0 atom stereocenters. The van der Waals surface area contributed by atoms with Crippen LogP contribution in [-0.2, 0) is 16.1 Å². The molecule has 7 heteroatoms. The maximum Gasteiger partial charge on any atom is 0.329 e. The Balaban J connectivity index is 1.76. The van der Waals surface area contributed by atoms with Crippen LogP contribution in [0, 0.1) is 6.92 Å². The highest BCUT2D eigenvalue weighted by Gasteiger charge is 2.12. The number of aryl methyl sites for hydroxylation is 1. The zero-order chi connectivity index (χ0) is 14.4. The number of nitrogens with zero attached hydrogens (tertiary/aromatic N) is 1. The number of furan rings is 2. The molecule has 0 aliphatic carbocycles. The fourth-order valence-electron chi connectivity index (χ4n) is 1.39. The highest BCUT2D eigenvalue weighted by molar-refractivity contribution is 6.35. The van der Waals surface area contributed by atoms with E-state index in [9.17, 15) is 9.59 Å². The Hall–Kier alpha value is -2.83. The van der Waals surface area contributed by atoms with Crippen LogP contribution < -0.4 is 10.7 Å². The van der Waals surface area contributed by atoms with Crippen molar-refractivity contribution in [1.82, 2.24) is 10.7 Å². The highest BCUT2D eigenvalue weighted by Crippen LogP contribution is 2.02. The molecule has 0 saturated heterocycles. The van der Waals surface area contributed by atoms with Gasteiger partial charge in [0.15, 0.2) is 0 Å². The summed E-state index contributed by atoms with van der Waals surface area (Å²) in [6.45, 7) is 1.93. The van der Waals surface area contributed by atoms with E-state index < -0.39 is 11.8 Å². The highest BCUT2D eigenvalue weighted by atomic mass is 16.3. The van der Waals surface area contributed by atoms with Gasteiger partial charge in [-0.1, -0.05) is 0 Å². The molecule has 2 aromatic heterocycles. The van der Waals surface area contributed by atoms with E-state index in [1.54, 1.807) is 31.2 Å².